The Kier molecular flexibility index (Phi) is 12.4. The monoisotopic (exact) mass is 1240 g/mol. The van der Waals surface area contributed by atoms with Crippen LogP contribution in [0, 0.1) is 0 Å². The van der Waals surface area contributed by atoms with Crippen LogP contribution in [0.1, 0.15) is 44.5 Å². The summed E-state index contributed by atoms with van der Waals surface area (Å²) in [6, 6.07) is 98.9. The van der Waals surface area contributed by atoms with Crippen molar-refractivity contribution < 1.29 is 8.83 Å². The van der Waals surface area contributed by atoms with Crippen LogP contribution in [0.15, 0.2) is 324 Å². The van der Waals surface area contributed by atoms with Crippen LogP contribution in [0.3, 0.4) is 0 Å². The van der Waals surface area contributed by atoms with Crippen LogP contribution in [0.4, 0.5) is 0 Å². The van der Waals surface area contributed by atoms with E-state index in [4.69, 9.17) is 8.83 Å². The number of hydrogen-bond donors (Lipinski definition) is 0. The molecule has 6 nitrogen and oxygen atoms in total. The molecule has 4 aromatic heterocycles. The van der Waals surface area contributed by atoms with Gasteiger partial charge in [-0.15, -0.1) is 22.7 Å². The van der Waals surface area contributed by atoms with E-state index < -0.39 is 10.8 Å². The van der Waals surface area contributed by atoms with E-state index in [1.165, 1.54) is 156 Å². The van der Waals surface area contributed by atoms with Crippen molar-refractivity contribution in [1.29, 1.82) is 0 Å². The second-order valence-corrected chi connectivity index (χ2v) is 26.3. The van der Waals surface area contributed by atoms with E-state index in [0.717, 1.165) is 33.8 Å². The lowest BCUT2D eigenvalue weighted by atomic mass is 9.70. The zero-order valence-corrected chi connectivity index (χ0v) is 52.1. The normalized spacial score (nSPS) is 13.3. The summed E-state index contributed by atoms with van der Waals surface area (Å²) in [4.78, 5) is 19.3. The Labute approximate surface area is 551 Å². The SMILES string of the molecule is c1cc(-c2ccc3c(c2)C2(c4ccccc4-c4ccccc42)c2cc(-c4cccc(-c5cnco5)c4)ccc2-3)cc(-c2cnco2)c1.c1cc(-c2ccc3c(c2)C2(c4ccccc4-c4ccccc42)c2cc(-c4cccc(-c5cncs5)c4)ccc2-3)cc(-c2cncs2)c1. The quantitative estimate of drug-likeness (QED) is 0.151. The van der Waals surface area contributed by atoms with Crippen molar-refractivity contribution in [2.45, 2.75) is 10.8 Å². The van der Waals surface area contributed by atoms with Gasteiger partial charge in [0.15, 0.2) is 24.3 Å². The van der Waals surface area contributed by atoms with Crippen LogP contribution < -0.4 is 0 Å². The lowest BCUT2D eigenvalue weighted by molar-refractivity contribution is 0.571. The first-order valence-corrected chi connectivity index (χ1v) is 33.3. The van der Waals surface area contributed by atoms with Crippen molar-refractivity contribution >= 4 is 22.7 Å². The second-order valence-electron chi connectivity index (χ2n) is 24.5. The fourth-order valence-electron chi connectivity index (χ4n) is 15.8. The molecule has 4 heterocycles. The smallest absolute Gasteiger partial charge is 0.181 e. The van der Waals surface area contributed by atoms with E-state index in [1.807, 2.05) is 23.4 Å². The fraction of sp³-hybridized carbons (Fsp3) is 0.0233. The fourth-order valence-corrected chi connectivity index (χ4v) is 17.1. The maximum absolute atomic E-state index is 5.64. The minimum absolute atomic E-state index is 0.422. The average Bonchev–Trinajstić information content (AvgIpc) is 1.52. The highest BCUT2D eigenvalue weighted by atomic mass is 32.1. The average molecular weight is 1240 g/mol. The molecule has 94 heavy (non-hydrogen) atoms. The van der Waals surface area contributed by atoms with Gasteiger partial charge in [-0.2, -0.15) is 0 Å². The summed E-state index contributed by atoms with van der Waals surface area (Å²) in [6.07, 6.45) is 10.4. The maximum atomic E-state index is 5.64. The first-order valence-electron chi connectivity index (χ1n) is 31.5. The molecule has 2 spiro atoms. The Balaban J connectivity index is 0.000000133. The van der Waals surface area contributed by atoms with Gasteiger partial charge in [0.2, 0.25) is 0 Å². The number of rotatable bonds is 8. The van der Waals surface area contributed by atoms with Gasteiger partial charge in [-0.3, -0.25) is 9.97 Å². The highest BCUT2D eigenvalue weighted by Gasteiger charge is 2.53. The van der Waals surface area contributed by atoms with Gasteiger partial charge in [-0.05, 0) is 193 Å². The van der Waals surface area contributed by atoms with Gasteiger partial charge in [0.05, 0.1) is 44.0 Å². The summed E-state index contributed by atoms with van der Waals surface area (Å²) in [7, 11) is 0. The minimum atomic E-state index is -0.463. The summed E-state index contributed by atoms with van der Waals surface area (Å²) >= 11 is 3.35. The van der Waals surface area contributed by atoms with E-state index in [0.29, 0.717) is 0 Å². The van der Waals surface area contributed by atoms with Crippen molar-refractivity contribution in [3.8, 4) is 133 Å². The van der Waals surface area contributed by atoms with Crippen LogP contribution in [0.25, 0.3) is 133 Å². The van der Waals surface area contributed by atoms with E-state index in [9.17, 15) is 0 Å². The summed E-state index contributed by atoms with van der Waals surface area (Å²) in [5, 5.41) is 0. The van der Waals surface area contributed by atoms with Crippen LogP contribution in [-0.2, 0) is 10.8 Å². The summed E-state index contributed by atoms with van der Waals surface area (Å²) in [5.74, 6) is 1.52. The standard InChI is InChI=1S/C43H26N2O2.C43H26N2S2/c2*1-3-13-37-33(11-1)34-12-2-4-14-38(34)43(37)39-21-29(27-7-5-9-31(19-27)41-23-44-25-46-41)15-17-35(39)36-18-16-30(22-40(36)43)28-8-6-10-32(20-28)42-24-45-26-47-42/h2*1-26H. The Morgan fingerprint density at radius 3 is 0.798 bits per heavy atom. The first kappa shape index (κ1) is 54.1. The zero-order valence-electron chi connectivity index (χ0n) is 50.4. The third-order valence-corrected chi connectivity index (χ3v) is 21.5. The molecule has 0 radical (unpaired) electrons. The topological polar surface area (TPSA) is 77.8 Å². The van der Waals surface area contributed by atoms with E-state index in [2.05, 4.69) is 287 Å². The molecule has 0 bridgehead atoms. The molecule has 0 atom stereocenters. The molecule has 4 aliphatic carbocycles. The number of benzene rings is 12. The van der Waals surface area contributed by atoms with Gasteiger partial charge in [0, 0.05) is 23.5 Å². The second kappa shape index (κ2) is 21.5. The largest absolute Gasteiger partial charge is 0.444 e. The van der Waals surface area contributed by atoms with Gasteiger partial charge in [0.1, 0.15) is 0 Å². The first-order chi connectivity index (χ1) is 46.6. The predicted octanol–water partition coefficient (Wildman–Crippen LogP) is 22.3. The Morgan fingerprint density at radius 2 is 0.500 bits per heavy atom. The van der Waals surface area contributed by atoms with E-state index in [1.54, 1.807) is 35.1 Å². The summed E-state index contributed by atoms with van der Waals surface area (Å²) in [5.41, 5.74) is 37.8. The van der Waals surface area contributed by atoms with Gasteiger partial charge in [0.25, 0.3) is 0 Å². The molecule has 20 rings (SSSR count). The third-order valence-electron chi connectivity index (χ3n) is 19.8. The van der Waals surface area contributed by atoms with Gasteiger partial charge in [-0.25, -0.2) is 9.97 Å². The van der Waals surface area contributed by atoms with Crippen molar-refractivity contribution in [2.75, 3.05) is 0 Å². The molecule has 16 aromatic rings. The Hall–Kier alpha value is -11.7. The van der Waals surface area contributed by atoms with Gasteiger partial charge < -0.3 is 8.83 Å². The molecule has 0 amide bonds. The molecular weight excluding hydrogens is 1190 g/mol. The molecule has 12 aromatic carbocycles. The van der Waals surface area contributed by atoms with E-state index in [-0.39, 0.29) is 0 Å². The van der Waals surface area contributed by atoms with Crippen LogP contribution in [0.2, 0.25) is 0 Å². The molecule has 0 saturated heterocycles. The van der Waals surface area contributed by atoms with Crippen LogP contribution in [0.5, 0.6) is 0 Å². The molecule has 0 fully saturated rings. The number of thiazole rings is 2. The number of fused-ring (bicyclic) bond motifs is 20. The van der Waals surface area contributed by atoms with Crippen LogP contribution >= 0.6 is 22.7 Å². The van der Waals surface area contributed by atoms with Crippen LogP contribution in [-0.4, -0.2) is 19.9 Å². The van der Waals surface area contributed by atoms with Crippen molar-refractivity contribution in [1.82, 2.24) is 19.9 Å². The number of aromatic nitrogens is 4. The number of nitrogens with zero attached hydrogens (tertiary/aromatic N) is 4. The minimum Gasteiger partial charge on any atom is -0.444 e. The maximum Gasteiger partial charge on any atom is 0.181 e. The lowest BCUT2D eigenvalue weighted by Gasteiger charge is -2.31. The summed E-state index contributed by atoms with van der Waals surface area (Å²) in [6.45, 7) is 0. The molecule has 8 heteroatoms. The molecule has 0 saturated carbocycles. The molecular formula is C86H52N4O2S2. The Morgan fingerprint density at radius 1 is 0.223 bits per heavy atom. The molecule has 440 valence electrons. The van der Waals surface area contributed by atoms with Crippen molar-refractivity contribution in [2.24, 2.45) is 0 Å². The highest BCUT2D eigenvalue weighted by molar-refractivity contribution is 7.13. The molecule has 4 aliphatic rings. The highest BCUT2D eigenvalue weighted by Crippen LogP contribution is 2.65. The number of oxazole rings is 2. The molecule has 0 aliphatic heterocycles. The van der Waals surface area contributed by atoms with Gasteiger partial charge >= 0.3 is 0 Å². The molecule has 0 unspecified atom stereocenters. The predicted molar refractivity (Wildman–Crippen MR) is 380 cm³/mol. The molecule has 0 N–H and O–H groups in total. The van der Waals surface area contributed by atoms with Crippen molar-refractivity contribution in [3.63, 3.8) is 0 Å². The van der Waals surface area contributed by atoms with Crippen molar-refractivity contribution in [3.05, 3.63) is 360 Å². The third kappa shape index (κ3) is 8.20. The zero-order chi connectivity index (χ0) is 61.9. The summed E-state index contributed by atoms with van der Waals surface area (Å²) < 4.78 is 11.3. The van der Waals surface area contributed by atoms with Gasteiger partial charge in [-0.1, -0.05) is 218 Å². The lowest BCUT2D eigenvalue weighted by Crippen LogP contribution is -2.26. The number of hydrogen-bond acceptors (Lipinski definition) is 8. The Bertz CT molecular complexity index is 4950. The van der Waals surface area contributed by atoms with E-state index >= 15 is 0 Å².